The summed E-state index contributed by atoms with van der Waals surface area (Å²) in [6.07, 6.45) is 4.87. The summed E-state index contributed by atoms with van der Waals surface area (Å²) in [5, 5.41) is 18.2. The molecule has 0 aromatic carbocycles. The molecule has 0 amide bonds. The average molecular weight is 319 g/mol. The summed E-state index contributed by atoms with van der Waals surface area (Å²) in [7, 11) is 1.66. The Morgan fingerprint density at radius 3 is 2.91 bits per heavy atom. The third-order valence-corrected chi connectivity index (χ3v) is 5.12. The number of hydrogen-bond donors (Lipinski definition) is 0. The van der Waals surface area contributed by atoms with E-state index in [-0.39, 0.29) is 0 Å². The van der Waals surface area contributed by atoms with Crippen LogP contribution in [0.3, 0.4) is 0 Å². The molecule has 1 aliphatic carbocycles. The predicted molar refractivity (Wildman–Crippen MR) is 80.8 cm³/mol. The molecule has 1 saturated carbocycles. The van der Waals surface area contributed by atoms with Gasteiger partial charge in [-0.15, -0.1) is 10.2 Å². The van der Waals surface area contributed by atoms with Gasteiger partial charge in [-0.3, -0.25) is 0 Å². The van der Waals surface area contributed by atoms with Crippen molar-refractivity contribution < 1.29 is 9.26 Å². The molecular formula is C14H17N5O2S. The van der Waals surface area contributed by atoms with Crippen LogP contribution in [0.1, 0.15) is 48.7 Å². The van der Waals surface area contributed by atoms with Gasteiger partial charge in [-0.1, -0.05) is 29.3 Å². The Balaban J connectivity index is 1.77. The van der Waals surface area contributed by atoms with Crippen LogP contribution in [0.25, 0.3) is 15.7 Å². The summed E-state index contributed by atoms with van der Waals surface area (Å²) >= 11 is 1.48. The van der Waals surface area contributed by atoms with E-state index in [1.165, 1.54) is 37.0 Å². The standard InChI is InChI=1S/C14H17N5O2S/c1-8-10(7-20-2)11(18-21-8)13-17-19-12(9-5-3-4-6-9)15-16-14(19)22-13/h9H,3-7H2,1-2H3. The summed E-state index contributed by atoms with van der Waals surface area (Å²) < 4.78 is 12.4. The van der Waals surface area contributed by atoms with Crippen molar-refractivity contribution in [2.24, 2.45) is 0 Å². The third-order valence-electron chi connectivity index (χ3n) is 4.21. The molecular weight excluding hydrogens is 302 g/mol. The highest BCUT2D eigenvalue weighted by Gasteiger charge is 2.25. The molecule has 0 bridgehead atoms. The van der Waals surface area contributed by atoms with E-state index in [4.69, 9.17) is 9.26 Å². The van der Waals surface area contributed by atoms with Crippen molar-refractivity contribution in [3.8, 4) is 10.7 Å². The fourth-order valence-electron chi connectivity index (χ4n) is 3.04. The highest BCUT2D eigenvalue weighted by molar-refractivity contribution is 7.19. The van der Waals surface area contributed by atoms with Crippen LogP contribution in [0.2, 0.25) is 0 Å². The molecule has 0 saturated heterocycles. The average Bonchev–Trinajstić information content (AvgIpc) is 3.23. The highest BCUT2D eigenvalue weighted by atomic mass is 32.1. The summed E-state index contributed by atoms with van der Waals surface area (Å²) in [6.45, 7) is 2.34. The predicted octanol–water partition coefficient (Wildman–Crippen LogP) is 2.95. The first-order valence-corrected chi connectivity index (χ1v) is 8.26. The van der Waals surface area contributed by atoms with Crippen molar-refractivity contribution in [2.75, 3.05) is 7.11 Å². The lowest BCUT2D eigenvalue weighted by atomic mass is 10.1. The smallest absolute Gasteiger partial charge is 0.235 e. The Bertz CT molecular complexity index is 799. The van der Waals surface area contributed by atoms with E-state index in [1.54, 1.807) is 7.11 Å². The quantitative estimate of drug-likeness (QED) is 0.735. The van der Waals surface area contributed by atoms with Crippen molar-refractivity contribution in [1.82, 2.24) is 25.0 Å². The minimum atomic E-state index is 0.459. The normalized spacial score (nSPS) is 16.1. The lowest BCUT2D eigenvalue weighted by molar-refractivity contribution is 0.183. The molecule has 4 rings (SSSR count). The zero-order valence-corrected chi connectivity index (χ0v) is 13.4. The Kier molecular flexibility index (Phi) is 3.42. The maximum atomic E-state index is 5.30. The molecule has 3 heterocycles. The fraction of sp³-hybridized carbons (Fsp3) is 0.571. The van der Waals surface area contributed by atoms with Gasteiger partial charge in [-0.2, -0.15) is 9.61 Å². The number of fused-ring (bicyclic) bond motifs is 1. The van der Waals surface area contributed by atoms with Crippen LogP contribution < -0.4 is 0 Å². The molecule has 8 heteroatoms. The number of nitrogens with zero attached hydrogens (tertiary/aromatic N) is 5. The zero-order chi connectivity index (χ0) is 15.1. The number of aromatic nitrogens is 5. The molecule has 0 N–H and O–H groups in total. The van der Waals surface area contributed by atoms with Crippen molar-refractivity contribution in [2.45, 2.75) is 45.1 Å². The molecule has 22 heavy (non-hydrogen) atoms. The topological polar surface area (TPSA) is 78.3 Å². The molecule has 116 valence electrons. The third kappa shape index (κ3) is 2.14. The molecule has 0 spiro atoms. The Morgan fingerprint density at radius 1 is 1.32 bits per heavy atom. The van der Waals surface area contributed by atoms with Gasteiger partial charge >= 0.3 is 0 Å². The van der Waals surface area contributed by atoms with Crippen LogP contribution >= 0.6 is 11.3 Å². The second-order valence-corrected chi connectivity index (χ2v) is 6.60. The first-order valence-electron chi connectivity index (χ1n) is 7.44. The van der Waals surface area contributed by atoms with Crippen LogP contribution in [-0.2, 0) is 11.3 Å². The molecule has 1 fully saturated rings. The minimum Gasteiger partial charge on any atom is -0.380 e. The summed E-state index contributed by atoms with van der Waals surface area (Å²) in [4.78, 5) is 0.806. The number of ether oxygens (including phenoxy) is 1. The van der Waals surface area contributed by atoms with E-state index in [0.717, 1.165) is 32.8 Å². The van der Waals surface area contributed by atoms with E-state index in [9.17, 15) is 0 Å². The van der Waals surface area contributed by atoms with Gasteiger partial charge in [-0.25, -0.2) is 0 Å². The lowest BCUT2D eigenvalue weighted by Gasteiger charge is -2.03. The fourth-order valence-corrected chi connectivity index (χ4v) is 3.89. The van der Waals surface area contributed by atoms with Crippen molar-refractivity contribution in [1.29, 1.82) is 0 Å². The van der Waals surface area contributed by atoms with Gasteiger partial charge in [0.15, 0.2) is 10.8 Å². The zero-order valence-electron chi connectivity index (χ0n) is 12.6. The maximum absolute atomic E-state index is 5.30. The number of aryl methyl sites for hydroxylation is 1. The van der Waals surface area contributed by atoms with Crippen LogP contribution in [0.15, 0.2) is 4.52 Å². The van der Waals surface area contributed by atoms with Gasteiger partial charge in [-0.05, 0) is 19.8 Å². The molecule has 1 aliphatic rings. The van der Waals surface area contributed by atoms with Crippen LogP contribution in [0.5, 0.6) is 0 Å². The van der Waals surface area contributed by atoms with Crippen molar-refractivity contribution >= 4 is 16.3 Å². The van der Waals surface area contributed by atoms with Crippen LogP contribution in [0.4, 0.5) is 0 Å². The van der Waals surface area contributed by atoms with E-state index < -0.39 is 0 Å². The number of rotatable bonds is 4. The van der Waals surface area contributed by atoms with E-state index >= 15 is 0 Å². The van der Waals surface area contributed by atoms with Gasteiger partial charge < -0.3 is 9.26 Å². The van der Waals surface area contributed by atoms with Gasteiger partial charge in [0.2, 0.25) is 4.96 Å². The summed E-state index contributed by atoms with van der Waals surface area (Å²) in [5.41, 5.74) is 1.68. The molecule has 0 atom stereocenters. The number of methoxy groups -OCH3 is 1. The molecule has 0 radical (unpaired) electrons. The van der Waals surface area contributed by atoms with Crippen LogP contribution in [-0.4, -0.2) is 32.1 Å². The molecule has 3 aromatic heterocycles. The van der Waals surface area contributed by atoms with E-state index in [1.807, 2.05) is 11.4 Å². The minimum absolute atomic E-state index is 0.459. The van der Waals surface area contributed by atoms with E-state index in [0.29, 0.717) is 12.5 Å². The molecule has 0 aliphatic heterocycles. The summed E-state index contributed by atoms with van der Waals surface area (Å²) in [6, 6.07) is 0. The Labute approximate surface area is 131 Å². The van der Waals surface area contributed by atoms with Gasteiger partial charge in [0, 0.05) is 13.0 Å². The van der Waals surface area contributed by atoms with Crippen LogP contribution in [0, 0.1) is 6.92 Å². The number of hydrogen-bond acceptors (Lipinski definition) is 7. The molecule has 7 nitrogen and oxygen atoms in total. The monoisotopic (exact) mass is 319 g/mol. The summed E-state index contributed by atoms with van der Waals surface area (Å²) in [5.74, 6) is 2.21. The highest BCUT2D eigenvalue weighted by Crippen LogP contribution is 2.35. The lowest BCUT2D eigenvalue weighted by Crippen LogP contribution is -2.01. The maximum Gasteiger partial charge on any atom is 0.235 e. The Hall–Kier alpha value is -1.80. The second kappa shape index (κ2) is 5.44. The van der Waals surface area contributed by atoms with Crippen molar-refractivity contribution in [3.05, 3.63) is 17.1 Å². The van der Waals surface area contributed by atoms with Gasteiger partial charge in [0.25, 0.3) is 0 Å². The largest absolute Gasteiger partial charge is 0.380 e. The first kappa shape index (κ1) is 13.8. The molecule has 3 aromatic rings. The second-order valence-electron chi connectivity index (χ2n) is 5.64. The Morgan fingerprint density at radius 2 is 2.14 bits per heavy atom. The van der Waals surface area contributed by atoms with Gasteiger partial charge in [0.1, 0.15) is 11.5 Å². The van der Waals surface area contributed by atoms with Gasteiger partial charge in [0.05, 0.1) is 12.2 Å². The first-order chi connectivity index (χ1) is 10.8. The molecule has 0 unspecified atom stereocenters. The van der Waals surface area contributed by atoms with E-state index in [2.05, 4.69) is 20.5 Å². The van der Waals surface area contributed by atoms with Crippen molar-refractivity contribution in [3.63, 3.8) is 0 Å². The SMILES string of the molecule is COCc1c(-c2nn3c(C4CCCC4)nnc3s2)noc1C.